The molecule has 0 aromatic heterocycles. The molecule has 2 N–H and O–H groups in total. The molecule has 0 aliphatic heterocycles. The maximum atomic E-state index is 12.1. The van der Waals surface area contributed by atoms with Crippen molar-refractivity contribution in [2.75, 3.05) is 17.2 Å². The molecule has 0 aliphatic carbocycles. The molecule has 3 rings (SSSR count). The maximum absolute atomic E-state index is 12.1. The first-order chi connectivity index (χ1) is 12.7. The van der Waals surface area contributed by atoms with E-state index in [-0.39, 0.29) is 6.03 Å². The van der Waals surface area contributed by atoms with E-state index in [1.54, 1.807) is 30.3 Å². The van der Waals surface area contributed by atoms with Crippen LogP contribution in [0.3, 0.4) is 0 Å². The molecule has 3 aromatic rings. The summed E-state index contributed by atoms with van der Waals surface area (Å²) in [6.07, 6.45) is 0.827. The Morgan fingerprint density at radius 2 is 1.54 bits per heavy atom. The summed E-state index contributed by atoms with van der Waals surface area (Å²) in [5.74, 6) is 0.710. The van der Waals surface area contributed by atoms with Gasteiger partial charge in [0.1, 0.15) is 5.75 Å². The van der Waals surface area contributed by atoms with Crippen LogP contribution in [0.5, 0.6) is 5.75 Å². The number of hydrogen-bond acceptors (Lipinski definition) is 2. The predicted molar refractivity (Wildman–Crippen MR) is 106 cm³/mol. The second kappa shape index (κ2) is 8.92. The Balaban J connectivity index is 1.52. The lowest BCUT2D eigenvalue weighted by Gasteiger charge is -2.10. The fourth-order valence-corrected chi connectivity index (χ4v) is 2.65. The number of carbonyl (C=O) groups is 1. The Bertz CT molecular complexity index is 869. The van der Waals surface area contributed by atoms with Crippen LogP contribution < -0.4 is 15.4 Å². The fraction of sp³-hybridized carbons (Fsp3) is 0.0952. The molecule has 0 radical (unpaired) electrons. The fourth-order valence-electron chi connectivity index (χ4n) is 2.45. The Morgan fingerprint density at radius 3 is 2.27 bits per heavy atom. The number of halogens is 1. The Morgan fingerprint density at radius 1 is 0.846 bits per heavy atom. The molecule has 132 valence electrons. The molecule has 4 nitrogen and oxygen atoms in total. The van der Waals surface area contributed by atoms with E-state index in [0.29, 0.717) is 28.8 Å². The van der Waals surface area contributed by atoms with Crippen molar-refractivity contribution in [2.45, 2.75) is 6.42 Å². The second-order valence-corrected chi connectivity index (χ2v) is 6.14. The van der Waals surface area contributed by atoms with Crippen LogP contribution in [0.2, 0.25) is 5.02 Å². The van der Waals surface area contributed by atoms with Gasteiger partial charge in [-0.25, -0.2) is 4.79 Å². The number of urea groups is 1. The first kappa shape index (κ1) is 17.8. The molecule has 0 unspecified atom stereocenters. The van der Waals surface area contributed by atoms with Gasteiger partial charge in [0, 0.05) is 28.9 Å². The van der Waals surface area contributed by atoms with Crippen LogP contribution >= 0.6 is 11.6 Å². The summed E-state index contributed by atoms with van der Waals surface area (Å²) < 4.78 is 5.78. The van der Waals surface area contributed by atoms with Gasteiger partial charge >= 0.3 is 6.03 Å². The van der Waals surface area contributed by atoms with Gasteiger partial charge in [0.05, 0.1) is 6.61 Å². The molecule has 0 atom stereocenters. The van der Waals surface area contributed by atoms with Crippen LogP contribution in [-0.2, 0) is 6.42 Å². The largest absolute Gasteiger partial charge is 0.493 e. The van der Waals surface area contributed by atoms with E-state index in [1.807, 2.05) is 36.4 Å². The van der Waals surface area contributed by atoms with Crippen molar-refractivity contribution < 1.29 is 9.53 Å². The van der Waals surface area contributed by atoms with Crippen molar-refractivity contribution in [3.63, 3.8) is 0 Å². The lowest BCUT2D eigenvalue weighted by molar-refractivity contribution is 0.262. The predicted octanol–water partition coefficient (Wildman–Crippen LogP) is 5.61. The molecule has 0 aliphatic rings. The van der Waals surface area contributed by atoms with Crippen LogP contribution in [0.15, 0.2) is 78.9 Å². The second-order valence-electron chi connectivity index (χ2n) is 5.70. The third-order valence-electron chi connectivity index (χ3n) is 3.68. The normalized spacial score (nSPS) is 10.2. The molecule has 0 saturated heterocycles. The molecule has 0 spiro atoms. The first-order valence-corrected chi connectivity index (χ1v) is 8.67. The number of rotatable bonds is 6. The molecular weight excluding hydrogens is 348 g/mol. The van der Waals surface area contributed by atoms with E-state index < -0.39 is 0 Å². The molecule has 5 heteroatoms. The summed E-state index contributed by atoms with van der Waals surface area (Å²) in [5.41, 5.74) is 2.51. The van der Waals surface area contributed by atoms with Crippen molar-refractivity contribution in [1.29, 1.82) is 0 Å². The third-order valence-corrected chi connectivity index (χ3v) is 3.91. The highest BCUT2D eigenvalue weighted by Gasteiger charge is 2.04. The van der Waals surface area contributed by atoms with Gasteiger partial charge in [0.25, 0.3) is 0 Å². The first-order valence-electron chi connectivity index (χ1n) is 8.29. The smallest absolute Gasteiger partial charge is 0.323 e. The molecule has 3 aromatic carbocycles. The molecule has 0 bridgehead atoms. The number of hydrogen-bond donors (Lipinski definition) is 2. The van der Waals surface area contributed by atoms with E-state index in [9.17, 15) is 4.79 Å². The average molecular weight is 367 g/mol. The summed E-state index contributed by atoms with van der Waals surface area (Å²) in [6, 6.07) is 24.1. The zero-order valence-corrected chi connectivity index (χ0v) is 14.9. The number of benzene rings is 3. The summed E-state index contributed by atoms with van der Waals surface area (Å²) >= 11 is 5.91. The Hall–Kier alpha value is -2.98. The molecule has 0 fully saturated rings. The zero-order valence-electron chi connectivity index (χ0n) is 14.1. The number of ether oxygens (including phenoxy) is 1. The minimum Gasteiger partial charge on any atom is -0.493 e. The lowest BCUT2D eigenvalue weighted by Crippen LogP contribution is -2.19. The van der Waals surface area contributed by atoms with Crippen LogP contribution in [0, 0.1) is 0 Å². The molecule has 0 saturated carbocycles. The summed E-state index contributed by atoms with van der Waals surface area (Å²) in [4.78, 5) is 12.1. The standard InChI is InChI=1S/C21H19ClN2O2/c22-17-8-4-9-18(14-17)23-21(25)24-19-10-5-11-20(15-19)26-13-12-16-6-2-1-3-7-16/h1-11,14-15H,12-13H2,(H2,23,24,25). The van der Waals surface area contributed by atoms with E-state index in [4.69, 9.17) is 16.3 Å². The maximum Gasteiger partial charge on any atom is 0.323 e. The summed E-state index contributed by atoms with van der Waals surface area (Å²) in [7, 11) is 0. The van der Waals surface area contributed by atoms with E-state index in [0.717, 1.165) is 6.42 Å². The molecule has 2 amide bonds. The zero-order chi connectivity index (χ0) is 18.2. The van der Waals surface area contributed by atoms with Crippen molar-refractivity contribution in [2.24, 2.45) is 0 Å². The highest BCUT2D eigenvalue weighted by molar-refractivity contribution is 6.30. The van der Waals surface area contributed by atoms with Crippen molar-refractivity contribution in [3.05, 3.63) is 89.4 Å². The van der Waals surface area contributed by atoms with Gasteiger partial charge in [-0.2, -0.15) is 0 Å². The van der Waals surface area contributed by atoms with E-state index >= 15 is 0 Å². The van der Waals surface area contributed by atoms with Crippen molar-refractivity contribution in [3.8, 4) is 5.75 Å². The van der Waals surface area contributed by atoms with Crippen LogP contribution in [0.1, 0.15) is 5.56 Å². The van der Waals surface area contributed by atoms with Gasteiger partial charge in [-0.05, 0) is 35.9 Å². The highest BCUT2D eigenvalue weighted by Crippen LogP contribution is 2.19. The molecule has 26 heavy (non-hydrogen) atoms. The van der Waals surface area contributed by atoms with Gasteiger partial charge < -0.3 is 15.4 Å². The van der Waals surface area contributed by atoms with Gasteiger partial charge in [0.15, 0.2) is 0 Å². The van der Waals surface area contributed by atoms with E-state index in [1.165, 1.54) is 5.56 Å². The van der Waals surface area contributed by atoms with Gasteiger partial charge in [0.2, 0.25) is 0 Å². The van der Waals surface area contributed by atoms with E-state index in [2.05, 4.69) is 22.8 Å². The topological polar surface area (TPSA) is 50.4 Å². The SMILES string of the molecule is O=C(Nc1cccc(Cl)c1)Nc1cccc(OCCc2ccccc2)c1. The average Bonchev–Trinajstić information content (AvgIpc) is 2.63. The number of anilines is 2. The quantitative estimate of drug-likeness (QED) is 0.596. The molecule has 0 heterocycles. The van der Waals surface area contributed by atoms with Crippen molar-refractivity contribution in [1.82, 2.24) is 0 Å². The van der Waals surface area contributed by atoms with Gasteiger partial charge in [-0.15, -0.1) is 0 Å². The monoisotopic (exact) mass is 366 g/mol. The van der Waals surface area contributed by atoms with Crippen LogP contribution in [-0.4, -0.2) is 12.6 Å². The molecular formula is C21H19ClN2O2. The minimum absolute atomic E-state index is 0.339. The Kier molecular flexibility index (Phi) is 6.12. The van der Waals surface area contributed by atoms with Crippen LogP contribution in [0.25, 0.3) is 0 Å². The number of nitrogens with one attached hydrogen (secondary N) is 2. The summed E-state index contributed by atoms with van der Waals surface area (Å²) in [6.45, 7) is 0.572. The lowest BCUT2D eigenvalue weighted by atomic mass is 10.2. The van der Waals surface area contributed by atoms with Gasteiger partial charge in [-0.1, -0.05) is 54.1 Å². The minimum atomic E-state index is -0.339. The van der Waals surface area contributed by atoms with Crippen LogP contribution in [0.4, 0.5) is 16.2 Å². The Labute approximate surface area is 157 Å². The number of carbonyl (C=O) groups excluding carboxylic acids is 1. The van der Waals surface area contributed by atoms with Crippen molar-refractivity contribution >= 4 is 29.0 Å². The van der Waals surface area contributed by atoms with Gasteiger partial charge in [-0.3, -0.25) is 0 Å². The third kappa shape index (κ3) is 5.53. The summed E-state index contributed by atoms with van der Waals surface area (Å²) in [5, 5.41) is 6.09. The highest BCUT2D eigenvalue weighted by atomic mass is 35.5. The number of amides is 2.